The van der Waals surface area contributed by atoms with Crippen molar-refractivity contribution in [3.05, 3.63) is 29.8 Å². The topological polar surface area (TPSA) is 68.2 Å². The molecule has 2 N–H and O–H groups in total. The Hall–Kier alpha value is -1.90. The fraction of sp³-hybridized carbons (Fsp3) is 0.467. The number of rotatable bonds is 4. The van der Waals surface area contributed by atoms with Gasteiger partial charge >= 0.3 is 0 Å². The van der Waals surface area contributed by atoms with Crippen molar-refractivity contribution in [3.8, 4) is 6.07 Å². The molecule has 0 aliphatic carbocycles. The summed E-state index contributed by atoms with van der Waals surface area (Å²) in [4.78, 5) is 14.2. The summed E-state index contributed by atoms with van der Waals surface area (Å²) >= 11 is 0. The molecule has 0 saturated carbocycles. The van der Waals surface area contributed by atoms with Crippen LogP contribution in [0, 0.1) is 11.3 Å². The van der Waals surface area contributed by atoms with Gasteiger partial charge in [0, 0.05) is 44.3 Å². The largest absolute Gasteiger partial charge is 0.326 e. The Labute approximate surface area is 119 Å². The molecule has 1 amide bonds. The van der Waals surface area contributed by atoms with Gasteiger partial charge in [-0.05, 0) is 31.2 Å². The van der Waals surface area contributed by atoms with E-state index in [-0.39, 0.29) is 5.91 Å². The first-order chi connectivity index (χ1) is 9.67. The number of nitriles is 1. The Balaban J connectivity index is 1.76. The van der Waals surface area contributed by atoms with E-state index in [4.69, 9.17) is 5.26 Å². The van der Waals surface area contributed by atoms with Crippen LogP contribution in [0.25, 0.3) is 0 Å². The van der Waals surface area contributed by atoms with Gasteiger partial charge in [0.25, 0.3) is 0 Å². The van der Waals surface area contributed by atoms with Crippen LogP contribution in [0.3, 0.4) is 0 Å². The normalized spacial score (nSPS) is 19.3. The Bertz CT molecular complexity index is 492. The monoisotopic (exact) mass is 272 g/mol. The summed E-state index contributed by atoms with van der Waals surface area (Å²) in [6.45, 7) is 5.91. The van der Waals surface area contributed by atoms with E-state index in [0.29, 0.717) is 18.0 Å². The van der Waals surface area contributed by atoms with Crippen LogP contribution >= 0.6 is 0 Å². The Morgan fingerprint density at radius 3 is 2.90 bits per heavy atom. The third kappa shape index (κ3) is 4.34. The first-order valence-corrected chi connectivity index (χ1v) is 6.93. The number of carbonyl (C=O) groups excluding carboxylic acids is 1. The van der Waals surface area contributed by atoms with Crippen LogP contribution in [0.15, 0.2) is 24.3 Å². The van der Waals surface area contributed by atoms with Crippen molar-refractivity contribution >= 4 is 11.6 Å². The smallest absolute Gasteiger partial charge is 0.225 e. The zero-order chi connectivity index (χ0) is 14.4. The molecule has 5 heteroatoms. The third-order valence-electron chi connectivity index (χ3n) is 3.41. The molecule has 1 aliphatic rings. The lowest BCUT2D eigenvalue weighted by Gasteiger charge is -2.31. The predicted octanol–water partition coefficient (Wildman–Crippen LogP) is 1.18. The van der Waals surface area contributed by atoms with Gasteiger partial charge in [-0.25, -0.2) is 0 Å². The van der Waals surface area contributed by atoms with Gasteiger partial charge in [-0.2, -0.15) is 5.26 Å². The number of anilines is 1. The Morgan fingerprint density at radius 2 is 2.25 bits per heavy atom. The van der Waals surface area contributed by atoms with Crippen LogP contribution in [-0.2, 0) is 4.79 Å². The molecule has 0 aromatic heterocycles. The summed E-state index contributed by atoms with van der Waals surface area (Å²) in [5, 5.41) is 14.9. The molecule has 1 aromatic rings. The number of nitrogens with zero attached hydrogens (tertiary/aromatic N) is 2. The minimum Gasteiger partial charge on any atom is -0.326 e. The van der Waals surface area contributed by atoms with Crippen LogP contribution < -0.4 is 10.6 Å². The van der Waals surface area contributed by atoms with Crippen molar-refractivity contribution in [1.82, 2.24) is 10.2 Å². The van der Waals surface area contributed by atoms with Gasteiger partial charge in [0.1, 0.15) is 0 Å². The quantitative estimate of drug-likeness (QED) is 0.863. The highest BCUT2D eigenvalue weighted by atomic mass is 16.1. The lowest BCUT2D eigenvalue weighted by atomic mass is 10.2. The van der Waals surface area contributed by atoms with E-state index in [1.807, 2.05) is 0 Å². The first kappa shape index (κ1) is 14.5. The van der Waals surface area contributed by atoms with E-state index < -0.39 is 0 Å². The van der Waals surface area contributed by atoms with Gasteiger partial charge in [0.05, 0.1) is 11.6 Å². The average Bonchev–Trinajstić information content (AvgIpc) is 2.46. The van der Waals surface area contributed by atoms with E-state index >= 15 is 0 Å². The number of piperazine rings is 1. The molecule has 1 fully saturated rings. The van der Waals surface area contributed by atoms with E-state index in [1.165, 1.54) is 0 Å². The average molecular weight is 272 g/mol. The summed E-state index contributed by atoms with van der Waals surface area (Å²) in [6, 6.07) is 9.46. The minimum absolute atomic E-state index is 0.0147. The zero-order valence-corrected chi connectivity index (χ0v) is 11.7. The number of hydrogen-bond acceptors (Lipinski definition) is 4. The highest BCUT2D eigenvalue weighted by Gasteiger charge is 2.16. The SMILES string of the molecule is CC1CN(CCC(=O)Nc2ccc(C#N)cc2)CCN1. The molecule has 1 unspecified atom stereocenters. The van der Waals surface area contributed by atoms with Gasteiger partial charge in [0.15, 0.2) is 0 Å². The zero-order valence-electron chi connectivity index (χ0n) is 11.7. The van der Waals surface area contributed by atoms with E-state index in [1.54, 1.807) is 24.3 Å². The number of nitrogens with one attached hydrogen (secondary N) is 2. The summed E-state index contributed by atoms with van der Waals surface area (Å²) in [5.41, 5.74) is 1.33. The molecule has 0 radical (unpaired) electrons. The van der Waals surface area contributed by atoms with Gasteiger partial charge < -0.3 is 15.5 Å². The van der Waals surface area contributed by atoms with Crippen molar-refractivity contribution in [3.63, 3.8) is 0 Å². The van der Waals surface area contributed by atoms with Crippen molar-refractivity contribution in [1.29, 1.82) is 5.26 Å². The molecule has 20 heavy (non-hydrogen) atoms. The van der Waals surface area contributed by atoms with Crippen molar-refractivity contribution < 1.29 is 4.79 Å². The minimum atomic E-state index is 0.0147. The van der Waals surface area contributed by atoms with Crippen LogP contribution in [0.5, 0.6) is 0 Å². The summed E-state index contributed by atoms with van der Waals surface area (Å²) in [6.07, 6.45) is 0.493. The second-order valence-corrected chi connectivity index (χ2v) is 5.14. The van der Waals surface area contributed by atoms with Gasteiger partial charge in [0.2, 0.25) is 5.91 Å². The molecule has 0 bridgehead atoms. The van der Waals surface area contributed by atoms with E-state index in [2.05, 4.69) is 28.5 Å². The van der Waals surface area contributed by atoms with E-state index in [9.17, 15) is 4.79 Å². The number of carbonyl (C=O) groups is 1. The molecule has 0 spiro atoms. The van der Waals surface area contributed by atoms with Crippen molar-refractivity contribution in [2.45, 2.75) is 19.4 Å². The van der Waals surface area contributed by atoms with Gasteiger partial charge in [-0.1, -0.05) is 0 Å². The molecule has 2 rings (SSSR count). The highest BCUT2D eigenvalue weighted by Crippen LogP contribution is 2.09. The van der Waals surface area contributed by atoms with Gasteiger partial charge in [-0.15, -0.1) is 0 Å². The van der Waals surface area contributed by atoms with Crippen molar-refractivity contribution in [2.75, 3.05) is 31.5 Å². The van der Waals surface area contributed by atoms with Crippen LogP contribution in [-0.4, -0.2) is 43.0 Å². The molecule has 106 valence electrons. The molecule has 5 nitrogen and oxygen atoms in total. The molecule has 1 saturated heterocycles. The second kappa shape index (κ2) is 7.04. The van der Waals surface area contributed by atoms with Crippen LogP contribution in [0.4, 0.5) is 5.69 Å². The molecule has 1 aromatic carbocycles. The van der Waals surface area contributed by atoms with E-state index in [0.717, 1.165) is 31.9 Å². The maximum Gasteiger partial charge on any atom is 0.225 e. The summed E-state index contributed by atoms with van der Waals surface area (Å²) < 4.78 is 0. The Kier molecular flexibility index (Phi) is 5.10. The van der Waals surface area contributed by atoms with Gasteiger partial charge in [-0.3, -0.25) is 4.79 Å². The number of hydrogen-bond donors (Lipinski definition) is 2. The summed E-state index contributed by atoms with van der Waals surface area (Å²) in [5.74, 6) is 0.0147. The molecule has 1 aliphatic heterocycles. The van der Waals surface area contributed by atoms with Crippen LogP contribution in [0.1, 0.15) is 18.9 Å². The predicted molar refractivity (Wildman–Crippen MR) is 78.3 cm³/mol. The third-order valence-corrected chi connectivity index (χ3v) is 3.41. The molecular weight excluding hydrogens is 252 g/mol. The lowest BCUT2D eigenvalue weighted by Crippen LogP contribution is -2.49. The molecular formula is C15H20N4O. The molecule has 1 atom stereocenters. The fourth-order valence-corrected chi connectivity index (χ4v) is 2.33. The maximum absolute atomic E-state index is 11.9. The second-order valence-electron chi connectivity index (χ2n) is 5.14. The van der Waals surface area contributed by atoms with Crippen LogP contribution in [0.2, 0.25) is 0 Å². The molecule has 1 heterocycles. The Morgan fingerprint density at radius 1 is 1.50 bits per heavy atom. The first-order valence-electron chi connectivity index (χ1n) is 6.93. The standard InChI is InChI=1S/C15H20N4O/c1-12-11-19(9-7-17-12)8-6-15(20)18-14-4-2-13(10-16)3-5-14/h2-5,12,17H,6-9,11H2,1H3,(H,18,20). The summed E-state index contributed by atoms with van der Waals surface area (Å²) in [7, 11) is 0. The maximum atomic E-state index is 11.9. The highest BCUT2D eigenvalue weighted by molar-refractivity contribution is 5.90. The lowest BCUT2D eigenvalue weighted by molar-refractivity contribution is -0.116. The number of benzene rings is 1. The van der Waals surface area contributed by atoms with Crippen molar-refractivity contribution in [2.24, 2.45) is 0 Å². The fourth-order valence-electron chi connectivity index (χ4n) is 2.33. The number of amides is 1.